The number of hydrogen-bond donors (Lipinski definition) is 2. The number of rotatable bonds is 2. The van der Waals surface area contributed by atoms with Crippen LogP contribution in [0.25, 0.3) is 0 Å². The predicted molar refractivity (Wildman–Crippen MR) is 72.2 cm³/mol. The molecule has 1 fully saturated rings. The topological polar surface area (TPSA) is 80.5 Å². The standard InChI is InChI=1S/C11H18N4O2S/c1-7-6-15(4-3-5-17-7)11-8(10(16)13-2)9(12)14-18-11/h7H,3-6H2,1-2H3,(H2,12,14)(H,13,16). The minimum atomic E-state index is -0.186. The van der Waals surface area contributed by atoms with E-state index in [9.17, 15) is 4.79 Å². The second-order valence-corrected chi connectivity index (χ2v) is 5.06. The van der Waals surface area contributed by atoms with E-state index in [0.29, 0.717) is 11.4 Å². The summed E-state index contributed by atoms with van der Waals surface area (Å²) >= 11 is 1.27. The molecular weight excluding hydrogens is 252 g/mol. The summed E-state index contributed by atoms with van der Waals surface area (Å²) in [5, 5.41) is 3.44. The molecule has 1 atom stereocenters. The highest BCUT2D eigenvalue weighted by atomic mass is 32.1. The fourth-order valence-electron chi connectivity index (χ4n) is 2.03. The number of carbonyl (C=O) groups is 1. The zero-order chi connectivity index (χ0) is 13.1. The van der Waals surface area contributed by atoms with Gasteiger partial charge in [0.05, 0.1) is 6.10 Å². The van der Waals surface area contributed by atoms with E-state index in [1.54, 1.807) is 7.05 Å². The maximum absolute atomic E-state index is 11.8. The van der Waals surface area contributed by atoms with Gasteiger partial charge in [0.2, 0.25) is 0 Å². The number of aromatic nitrogens is 1. The SMILES string of the molecule is CNC(=O)c1c(N)nsc1N1CCCOC(C)C1. The van der Waals surface area contributed by atoms with Gasteiger partial charge in [-0.25, -0.2) is 0 Å². The monoisotopic (exact) mass is 270 g/mol. The first kappa shape index (κ1) is 13.1. The average Bonchev–Trinajstić information content (AvgIpc) is 2.60. The smallest absolute Gasteiger partial charge is 0.257 e. The molecule has 1 aliphatic heterocycles. The van der Waals surface area contributed by atoms with Crippen molar-refractivity contribution in [2.45, 2.75) is 19.4 Å². The van der Waals surface area contributed by atoms with Gasteiger partial charge in [0.15, 0.2) is 5.82 Å². The van der Waals surface area contributed by atoms with Crippen LogP contribution in [-0.2, 0) is 4.74 Å². The van der Waals surface area contributed by atoms with Crippen molar-refractivity contribution >= 4 is 28.3 Å². The predicted octanol–water partition coefficient (Wildman–Crippen LogP) is 0.700. The molecule has 1 amide bonds. The zero-order valence-corrected chi connectivity index (χ0v) is 11.4. The van der Waals surface area contributed by atoms with Crippen LogP contribution in [0.3, 0.4) is 0 Å². The van der Waals surface area contributed by atoms with Gasteiger partial charge >= 0.3 is 0 Å². The van der Waals surface area contributed by atoms with Crippen molar-refractivity contribution in [1.29, 1.82) is 0 Å². The van der Waals surface area contributed by atoms with E-state index in [-0.39, 0.29) is 12.0 Å². The maximum atomic E-state index is 11.8. The number of hydrogen-bond acceptors (Lipinski definition) is 6. The Kier molecular flexibility index (Phi) is 4.03. The highest BCUT2D eigenvalue weighted by Gasteiger charge is 2.25. The molecule has 0 bridgehead atoms. The first-order valence-corrected chi connectivity index (χ1v) is 6.74. The van der Waals surface area contributed by atoms with Gasteiger partial charge in [-0.2, -0.15) is 4.37 Å². The molecule has 1 aromatic heterocycles. The molecule has 100 valence electrons. The van der Waals surface area contributed by atoms with E-state index in [1.165, 1.54) is 11.5 Å². The molecule has 7 heteroatoms. The Morgan fingerprint density at radius 3 is 3.17 bits per heavy atom. The van der Waals surface area contributed by atoms with Crippen molar-refractivity contribution in [2.24, 2.45) is 0 Å². The van der Waals surface area contributed by atoms with Crippen LogP contribution in [0.2, 0.25) is 0 Å². The average molecular weight is 270 g/mol. The molecule has 1 unspecified atom stereocenters. The number of nitrogens with one attached hydrogen (secondary N) is 1. The second kappa shape index (κ2) is 5.53. The highest BCUT2D eigenvalue weighted by Crippen LogP contribution is 2.31. The van der Waals surface area contributed by atoms with Gasteiger partial charge in [0.1, 0.15) is 10.6 Å². The summed E-state index contributed by atoms with van der Waals surface area (Å²) in [6, 6.07) is 0. The molecule has 3 N–H and O–H groups in total. The number of anilines is 2. The second-order valence-electron chi connectivity index (χ2n) is 4.31. The lowest BCUT2D eigenvalue weighted by atomic mass is 10.2. The van der Waals surface area contributed by atoms with Crippen LogP contribution in [0.4, 0.5) is 10.8 Å². The highest BCUT2D eigenvalue weighted by molar-refractivity contribution is 7.11. The Labute approximate surface area is 110 Å². The van der Waals surface area contributed by atoms with Gasteiger partial charge < -0.3 is 20.7 Å². The summed E-state index contributed by atoms with van der Waals surface area (Å²) < 4.78 is 9.69. The quantitative estimate of drug-likeness (QED) is 0.827. The summed E-state index contributed by atoms with van der Waals surface area (Å²) in [5.74, 6) is 0.112. The minimum absolute atomic E-state index is 0.147. The number of carbonyl (C=O) groups excluding carboxylic acids is 1. The normalized spacial score (nSPS) is 20.6. The van der Waals surface area contributed by atoms with Gasteiger partial charge in [0, 0.05) is 26.7 Å². The fourth-order valence-corrected chi connectivity index (χ4v) is 2.87. The molecule has 6 nitrogen and oxygen atoms in total. The number of nitrogens with two attached hydrogens (primary N) is 1. The van der Waals surface area contributed by atoms with Gasteiger partial charge in [-0.15, -0.1) is 0 Å². The van der Waals surface area contributed by atoms with E-state index >= 15 is 0 Å². The van der Waals surface area contributed by atoms with Gasteiger partial charge in [-0.3, -0.25) is 4.79 Å². The van der Waals surface area contributed by atoms with Crippen molar-refractivity contribution < 1.29 is 9.53 Å². The molecular formula is C11H18N4O2S. The number of ether oxygens (including phenoxy) is 1. The molecule has 1 aliphatic rings. The van der Waals surface area contributed by atoms with E-state index in [1.807, 2.05) is 6.92 Å². The minimum Gasteiger partial charge on any atom is -0.382 e. The van der Waals surface area contributed by atoms with Crippen LogP contribution >= 0.6 is 11.5 Å². The van der Waals surface area contributed by atoms with Crippen molar-refractivity contribution in [3.8, 4) is 0 Å². The molecule has 2 rings (SSSR count). The van der Waals surface area contributed by atoms with Crippen LogP contribution in [0, 0.1) is 0 Å². The Morgan fingerprint density at radius 1 is 1.67 bits per heavy atom. The molecule has 0 aliphatic carbocycles. The number of nitrogen functional groups attached to an aromatic ring is 1. The van der Waals surface area contributed by atoms with Crippen LogP contribution in [0.1, 0.15) is 23.7 Å². The molecule has 2 heterocycles. The van der Waals surface area contributed by atoms with Crippen molar-refractivity contribution in [1.82, 2.24) is 9.69 Å². The third kappa shape index (κ3) is 2.56. The van der Waals surface area contributed by atoms with E-state index < -0.39 is 0 Å². The van der Waals surface area contributed by atoms with E-state index in [2.05, 4.69) is 14.6 Å². The van der Waals surface area contributed by atoms with Gasteiger partial charge in [-0.1, -0.05) is 0 Å². The van der Waals surface area contributed by atoms with E-state index in [4.69, 9.17) is 10.5 Å². The molecule has 1 saturated heterocycles. The van der Waals surface area contributed by atoms with Gasteiger partial charge in [0.25, 0.3) is 5.91 Å². The van der Waals surface area contributed by atoms with Crippen LogP contribution in [-0.4, -0.2) is 43.1 Å². The third-order valence-electron chi connectivity index (χ3n) is 2.89. The maximum Gasteiger partial charge on any atom is 0.257 e. The Hall–Kier alpha value is -1.34. The molecule has 0 saturated carbocycles. The lowest BCUT2D eigenvalue weighted by Crippen LogP contribution is -2.31. The Bertz CT molecular complexity index is 435. The zero-order valence-electron chi connectivity index (χ0n) is 10.6. The lowest BCUT2D eigenvalue weighted by molar-refractivity contribution is 0.0820. The molecule has 0 spiro atoms. The summed E-state index contributed by atoms with van der Waals surface area (Å²) in [6.45, 7) is 4.39. The summed E-state index contributed by atoms with van der Waals surface area (Å²) in [4.78, 5) is 14.0. The third-order valence-corrected chi connectivity index (χ3v) is 3.82. The van der Waals surface area contributed by atoms with E-state index in [0.717, 1.165) is 31.1 Å². The van der Waals surface area contributed by atoms with Crippen LogP contribution in [0.15, 0.2) is 0 Å². The summed E-state index contributed by atoms with van der Waals surface area (Å²) in [6.07, 6.45) is 1.09. The van der Waals surface area contributed by atoms with Crippen LogP contribution in [0.5, 0.6) is 0 Å². The molecule has 0 aromatic carbocycles. The Balaban J connectivity index is 2.29. The largest absolute Gasteiger partial charge is 0.382 e. The molecule has 1 aromatic rings. The van der Waals surface area contributed by atoms with Crippen molar-refractivity contribution in [3.63, 3.8) is 0 Å². The Morgan fingerprint density at radius 2 is 2.44 bits per heavy atom. The van der Waals surface area contributed by atoms with Gasteiger partial charge in [-0.05, 0) is 24.9 Å². The first-order valence-electron chi connectivity index (χ1n) is 5.97. The lowest BCUT2D eigenvalue weighted by Gasteiger charge is -2.23. The summed E-state index contributed by atoms with van der Waals surface area (Å²) in [5.41, 5.74) is 6.26. The number of nitrogens with zero attached hydrogens (tertiary/aromatic N) is 2. The van der Waals surface area contributed by atoms with Crippen molar-refractivity contribution in [3.05, 3.63) is 5.56 Å². The molecule has 0 radical (unpaired) electrons. The molecule has 18 heavy (non-hydrogen) atoms. The summed E-state index contributed by atoms with van der Waals surface area (Å²) in [7, 11) is 1.59. The fraction of sp³-hybridized carbons (Fsp3) is 0.636. The van der Waals surface area contributed by atoms with Crippen LogP contribution < -0.4 is 16.0 Å². The number of amides is 1. The van der Waals surface area contributed by atoms with Crippen molar-refractivity contribution in [2.75, 3.05) is 37.4 Å². The first-order chi connectivity index (χ1) is 8.63.